The van der Waals surface area contributed by atoms with Crippen LogP contribution in [0.5, 0.6) is 5.75 Å². The fourth-order valence-corrected chi connectivity index (χ4v) is 3.22. The smallest absolute Gasteiger partial charge is 0.339 e. The zero-order valence-corrected chi connectivity index (χ0v) is 16.2. The number of aromatic carboxylic acids is 1. The Morgan fingerprint density at radius 1 is 0.852 bits per heavy atom. The summed E-state index contributed by atoms with van der Waals surface area (Å²) in [4.78, 5) is 23.6. The molecule has 0 aliphatic carbocycles. The van der Waals surface area contributed by atoms with Gasteiger partial charge >= 0.3 is 11.9 Å². The molecule has 0 bridgehead atoms. The molecular formula is C23H30O4. The van der Waals surface area contributed by atoms with Gasteiger partial charge in [0.15, 0.2) is 0 Å². The van der Waals surface area contributed by atoms with Crippen molar-refractivity contribution in [1.82, 2.24) is 0 Å². The van der Waals surface area contributed by atoms with E-state index in [-0.39, 0.29) is 17.3 Å². The van der Waals surface area contributed by atoms with E-state index in [2.05, 4.69) is 6.92 Å². The van der Waals surface area contributed by atoms with Crippen LogP contribution in [0.1, 0.15) is 81.5 Å². The molecule has 4 nitrogen and oxygen atoms in total. The highest BCUT2D eigenvalue weighted by Crippen LogP contribution is 2.26. The summed E-state index contributed by atoms with van der Waals surface area (Å²) in [5.41, 5.74) is 0.0223. The summed E-state index contributed by atoms with van der Waals surface area (Å²) >= 11 is 0. The van der Waals surface area contributed by atoms with Crippen molar-refractivity contribution in [1.29, 1.82) is 0 Å². The number of benzene rings is 2. The van der Waals surface area contributed by atoms with Crippen molar-refractivity contribution in [2.75, 3.05) is 0 Å². The highest BCUT2D eigenvalue weighted by atomic mass is 16.5. The molecule has 0 heterocycles. The van der Waals surface area contributed by atoms with Crippen molar-refractivity contribution in [2.45, 2.75) is 71.1 Å². The van der Waals surface area contributed by atoms with Crippen LogP contribution < -0.4 is 4.74 Å². The van der Waals surface area contributed by atoms with Crippen LogP contribution in [-0.2, 0) is 4.79 Å². The molecule has 146 valence electrons. The third-order valence-electron chi connectivity index (χ3n) is 4.79. The molecule has 0 aliphatic rings. The van der Waals surface area contributed by atoms with Crippen LogP contribution >= 0.6 is 0 Å². The molecule has 0 spiro atoms. The lowest BCUT2D eigenvalue weighted by Gasteiger charge is -2.09. The number of unbranched alkanes of at least 4 members (excludes halogenated alkanes) is 8. The van der Waals surface area contributed by atoms with Gasteiger partial charge in [0.25, 0.3) is 0 Å². The topological polar surface area (TPSA) is 63.6 Å². The minimum Gasteiger partial charge on any atom is -0.478 e. The van der Waals surface area contributed by atoms with E-state index in [1.807, 2.05) is 24.3 Å². The molecule has 2 aromatic rings. The van der Waals surface area contributed by atoms with Gasteiger partial charge in [-0.15, -0.1) is 0 Å². The number of rotatable bonds is 12. The summed E-state index contributed by atoms with van der Waals surface area (Å²) in [7, 11) is 0. The quantitative estimate of drug-likeness (QED) is 0.268. The van der Waals surface area contributed by atoms with Crippen LogP contribution in [0.25, 0.3) is 10.8 Å². The third-order valence-corrected chi connectivity index (χ3v) is 4.79. The Kier molecular flexibility index (Phi) is 8.82. The SMILES string of the molecule is CCCCCCCCCCCC(=O)Oc1cc2ccccc2cc1C(=O)O. The molecule has 1 N–H and O–H groups in total. The molecule has 0 fully saturated rings. The molecule has 0 radical (unpaired) electrons. The highest BCUT2D eigenvalue weighted by Gasteiger charge is 2.16. The van der Waals surface area contributed by atoms with Gasteiger partial charge in [0, 0.05) is 6.42 Å². The second-order valence-corrected chi connectivity index (χ2v) is 7.05. The third kappa shape index (κ3) is 7.05. The number of carboxylic acid groups (broad SMARTS) is 1. The average Bonchev–Trinajstić information content (AvgIpc) is 2.66. The zero-order chi connectivity index (χ0) is 19.5. The van der Waals surface area contributed by atoms with Gasteiger partial charge in [0.1, 0.15) is 11.3 Å². The zero-order valence-electron chi connectivity index (χ0n) is 16.2. The van der Waals surface area contributed by atoms with E-state index in [0.29, 0.717) is 6.42 Å². The van der Waals surface area contributed by atoms with Gasteiger partial charge in [-0.1, -0.05) is 82.6 Å². The normalized spacial score (nSPS) is 10.9. The summed E-state index contributed by atoms with van der Waals surface area (Å²) in [6.07, 6.45) is 10.9. The summed E-state index contributed by atoms with van der Waals surface area (Å²) in [6.45, 7) is 2.22. The fraction of sp³-hybridized carbons (Fsp3) is 0.478. The number of carboxylic acids is 1. The molecule has 0 amide bonds. The van der Waals surface area contributed by atoms with Crippen LogP contribution in [0.4, 0.5) is 0 Å². The molecule has 0 atom stereocenters. The van der Waals surface area contributed by atoms with Crippen LogP contribution in [-0.4, -0.2) is 17.0 Å². The number of ether oxygens (including phenoxy) is 1. The lowest BCUT2D eigenvalue weighted by molar-refractivity contribution is -0.134. The Bertz CT molecular complexity index is 751. The maximum absolute atomic E-state index is 12.1. The summed E-state index contributed by atoms with van der Waals surface area (Å²) in [5, 5.41) is 11.1. The second-order valence-electron chi connectivity index (χ2n) is 7.05. The minimum atomic E-state index is -1.09. The van der Waals surface area contributed by atoms with Gasteiger partial charge in [-0.25, -0.2) is 4.79 Å². The molecule has 0 aliphatic heterocycles. The first kappa shape index (κ1) is 20.9. The molecule has 2 aromatic carbocycles. The molecule has 4 heteroatoms. The first-order valence-corrected chi connectivity index (χ1v) is 10.1. The maximum Gasteiger partial charge on any atom is 0.339 e. The highest BCUT2D eigenvalue weighted by molar-refractivity contribution is 5.98. The summed E-state index contributed by atoms with van der Waals surface area (Å²) in [6, 6.07) is 10.6. The van der Waals surface area contributed by atoms with Crippen LogP contribution in [0.15, 0.2) is 36.4 Å². The van der Waals surface area contributed by atoms with Gasteiger partial charge in [-0.2, -0.15) is 0 Å². The fourth-order valence-electron chi connectivity index (χ4n) is 3.22. The van der Waals surface area contributed by atoms with Crippen molar-refractivity contribution < 1.29 is 19.4 Å². The molecule has 0 saturated heterocycles. The average molecular weight is 370 g/mol. The Balaban J connectivity index is 1.78. The number of fused-ring (bicyclic) bond motifs is 1. The lowest BCUT2D eigenvalue weighted by atomic mass is 10.1. The van der Waals surface area contributed by atoms with Crippen LogP contribution in [0.2, 0.25) is 0 Å². The Morgan fingerprint density at radius 3 is 2.00 bits per heavy atom. The Morgan fingerprint density at radius 2 is 1.41 bits per heavy atom. The van der Waals surface area contributed by atoms with Gasteiger partial charge in [-0.3, -0.25) is 4.79 Å². The molecule has 0 saturated carbocycles. The monoisotopic (exact) mass is 370 g/mol. The second kappa shape index (κ2) is 11.4. The number of hydrogen-bond acceptors (Lipinski definition) is 3. The van der Waals surface area contributed by atoms with E-state index >= 15 is 0 Å². The molecule has 27 heavy (non-hydrogen) atoms. The van der Waals surface area contributed by atoms with Crippen molar-refractivity contribution >= 4 is 22.7 Å². The Labute approximate surface area is 161 Å². The van der Waals surface area contributed by atoms with Crippen molar-refractivity contribution in [3.8, 4) is 5.75 Å². The minimum absolute atomic E-state index is 0.0223. The lowest BCUT2D eigenvalue weighted by Crippen LogP contribution is -2.11. The van der Waals surface area contributed by atoms with Crippen LogP contribution in [0, 0.1) is 0 Å². The van der Waals surface area contributed by atoms with E-state index in [9.17, 15) is 14.7 Å². The van der Waals surface area contributed by atoms with E-state index in [1.165, 1.54) is 38.5 Å². The standard InChI is InChI=1S/C23H30O4/c1-2-3-4-5-6-7-8-9-10-15-22(24)27-21-17-19-14-12-11-13-18(19)16-20(21)23(25)26/h11-14,16-17H,2-10,15H2,1H3,(H,25,26). The summed E-state index contributed by atoms with van der Waals surface area (Å²) < 4.78 is 5.37. The van der Waals surface area contributed by atoms with Crippen LogP contribution in [0.3, 0.4) is 0 Å². The van der Waals surface area contributed by atoms with Gasteiger partial charge in [0.05, 0.1) is 0 Å². The number of esters is 1. The Hall–Kier alpha value is -2.36. The molecule has 0 aromatic heterocycles. The van der Waals surface area contributed by atoms with Crippen molar-refractivity contribution in [2.24, 2.45) is 0 Å². The van der Waals surface area contributed by atoms with Crippen molar-refractivity contribution in [3.63, 3.8) is 0 Å². The largest absolute Gasteiger partial charge is 0.478 e. The molecule has 0 unspecified atom stereocenters. The summed E-state index contributed by atoms with van der Waals surface area (Å²) in [5.74, 6) is -1.33. The van der Waals surface area contributed by atoms with Gasteiger partial charge in [0.2, 0.25) is 0 Å². The van der Waals surface area contributed by atoms with E-state index < -0.39 is 5.97 Å². The predicted octanol–water partition coefficient (Wildman–Crippen LogP) is 6.36. The predicted molar refractivity (Wildman–Crippen MR) is 108 cm³/mol. The van der Waals surface area contributed by atoms with E-state index in [0.717, 1.165) is 30.0 Å². The van der Waals surface area contributed by atoms with Crippen molar-refractivity contribution in [3.05, 3.63) is 42.0 Å². The first-order valence-electron chi connectivity index (χ1n) is 10.1. The first-order chi connectivity index (χ1) is 13.1. The van der Waals surface area contributed by atoms with E-state index in [1.54, 1.807) is 12.1 Å². The maximum atomic E-state index is 12.1. The number of carbonyl (C=O) groups is 2. The van der Waals surface area contributed by atoms with Gasteiger partial charge < -0.3 is 9.84 Å². The van der Waals surface area contributed by atoms with E-state index in [4.69, 9.17) is 4.74 Å². The van der Waals surface area contributed by atoms with Gasteiger partial charge in [-0.05, 0) is 29.3 Å². The number of hydrogen-bond donors (Lipinski definition) is 1. The molecule has 2 rings (SSSR count). The molecular weight excluding hydrogens is 340 g/mol. The number of carbonyl (C=O) groups excluding carboxylic acids is 1.